The topological polar surface area (TPSA) is 58.6 Å². The molecule has 0 bridgehead atoms. The van der Waals surface area contributed by atoms with Crippen molar-refractivity contribution in [2.24, 2.45) is 0 Å². The molecule has 1 aromatic rings. The summed E-state index contributed by atoms with van der Waals surface area (Å²) in [7, 11) is 1.62. The van der Waals surface area contributed by atoms with Gasteiger partial charge in [-0.3, -0.25) is 4.79 Å². The number of rotatable bonds is 5. The van der Waals surface area contributed by atoms with Crippen molar-refractivity contribution in [2.45, 2.75) is 25.9 Å². The molecule has 1 rings (SSSR count). The number of carbonyl (C=O) groups excluding carboxylic acids is 1. The summed E-state index contributed by atoms with van der Waals surface area (Å²) in [5, 5.41) is 11.5. The van der Waals surface area contributed by atoms with E-state index < -0.39 is 0 Å². The summed E-state index contributed by atoms with van der Waals surface area (Å²) >= 11 is 1.34. The van der Waals surface area contributed by atoms with Crippen LogP contribution in [0.4, 0.5) is 0 Å². The molecule has 0 aromatic carbocycles. The van der Waals surface area contributed by atoms with Gasteiger partial charge in [-0.1, -0.05) is 11.8 Å². The first-order chi connectivity index (χ1) is 8.98. The second-order valence-electron chi connectivity index (χ2n) is 4.59. The van der Waals surface area contributed by atoms with Crippen LogP contribution in [0, 0.1) is 11.8 Å². The van der Waals surface area contributed by atoms with Crippen LogP contribution in [0.25, 0.3) is 0 Å². The molecule has 0 atom stereocenters. The molecule has 2 N–H and O–H groups in total. The normalized spacial score (nSPS) is 10.7. The Balaban J connectivity index is 2.57. The van der Waals surface area contributed by atoms with Gasteiger partial charge < -0.3 is 15.2 Å². The first-order valence-corrected chi connectivity index (χ1v) is 6.83. The molecule has 1 aromatic heterocycles. The number of nitrogens with one attached hydrogen (secondary N) is 1. The lowest BCUT2D eigenvalue weighted by Crippen LogP contribution is -2.39. The molecule has 0 aliphatic carbocycles. The van der Waals surface area contributed by atoms with Crippen LogP contribution in [-0.2, 0) is 4.74 Å². The SMILES string of the molecule is COC(C)(C)CNC(=O)c1ccc(C#CCCO)s1. The summed E-state index contributed by atoms with van der Waals surface area (Å²) in [6.07, 6.45) is 0.446. The Labute approximate surface area is 117 Å². The third-order valence-corrected chi connectivity index (χ3v) is 3.50. The summed E-state index contributed by atoms with van der Waals surface area (Å²) in [6, 6.07) is 3.56. The van der Waals surface area contributed by atoms with Gasteiger partial charge in [0, 0.05) is 20.1 Å². The second-order valence-corrected chi connectivity index (χ2v) is 5.67. The predicted octanol–water partition coefficient (Wildman–Crippen LogP) is 1.64. The molecule has 1 amide bonds. The van der Waals surface area contributed by atoms with Gasteiger partial charge in [0.25, 0.3) is 5.91 Å². The molecule has 0 fully saturated rings. The molecule has 0 saturated carbocycles. The Bertz CT molecular complexity index is 482. The molecule has 0 aliphatic rings. The summed E-state index contributed by atoms with van der Waals surface area (Å²) in [6.45, 7) is 4.32. The van der Waals surface area contributed by atoms with Crippen LogP contribution in [0.5, 0.6) is 0 Å². The highest BCUT2D eigenvalue weighted by atomic mass is 32.1. The van der Waals surface area contributed by atoms with Gasteiger partial charge in [-0.25, -0.2) is 0 Å². The maximum absolute atomic E-state index is 11.9. The number of hydrogen-bond donors (Lipinski definition) is 2. The number of hydrogen-bond acceptors (Lipinski definition) is 4. The zero-order chi connectivity index (χ0) is 14.3. The molecule has 0 aliphatic heterocycles. The Kier molecular flexibility index (Phi) is 6.03. The lowest BCUT2D eigenvalue weighted by Gasteiger charge is -2.22. The molecular weight excluding hydrogens is 262 g/mol. The summed E-state index contributed by atoms with van der Waals surface area (Å²) in [5.41, 5.74) is -0.378. The number of carbonyl (C=O) groups is 1. The van der Waals surface area contributed by atoms with E-state index >= 15 is 0 Å². The van der Waals surface area contributed by atoms with E-state index in [0.717, 1.165) is 4.88 Å². The number of methoxy groups -OCH3 is 1. The van der Waals surface area contributed by atoms with Crippen molar-refractivity contribution in [3.63, 3.8) is 0 Å². The highest BCUT2D eigenvalue weighted by Crippen LogP contribution is 2.15. The maximum atomic E-state index is 11.9. The van der Waals surface area contributed by atoms with Crippen molar-refractivity contribution in [3.8, 4) is 11.8 Å². The Morgan fingerprint density at radius 3 is 2.89 bits per heavy atom. The number of amides is 1. The number of aliphatic hydroxyl groups is 1. The van der Waals surface area contributed by atoms with Crippen LogP contribution < -0.4 is 5.32 Å². The number of thiophene rings is 1. The second kappa shape index (κ2) is 7.29. The molecule has 0 spiro atoms. The van der Waals surface area contributed by atoms with E-state index in [1.54, 1.807) is 13.2 Å². The molecule has 4 nitrogen and oxygen atoms in total. The molecular formula is C14H19NO3S. The molecule has 0 radical (unpaired) electrons. The quantitative estimate of drug-likeness (QED) is 0.807. The summed E-state index contributed by atoms with van der Waals surface area (Å²) in [5.74, 6) is 5.62. The van der Waals surface area contributed by atoms with E-state index in [4.69, 9.17) is 9.84 Å². The van der Waals surface area contributed by atoms with E-state index in [1.807, 2.05) is 19.9 Å². The lowest BCUT2D eigenvalue weighted by atomic mass is 10.1. The van der Waals surface area contributed by atoms with Gasteiger partial charge in [0.15, 0.2) is 0 Å². The van der Waals surface area contributed by atoms with Gasteiger partial charge in [0.2, 0.25) is 0 Å². The molecule has 104 valence electrons. The first-order valence-electron chi connectivity index (χ1n) is 6.01. The zero-order valence-electron chi connectivity index (χ0n) is 11.4. The fourth-order valence-corrected chi connectivity index (χ4v) is 1.98. The fraction of sp³-hybridized carbons (Fsp3) is 0.500. The van der Waals surface area contributed by atoms with Crippen LogP contribution >= 0.6 is 11.3 Å². The average molecular weight is 281 g/mol. The minimum atomic E-state index is -0.378. The van der Waals surface area contributed by atoms with E-state index in [9.17, 15) is 4.79 Å². The minimum Gasteiger partial charge on any atom is -0.395 e. The monoisotopic (exact) mass is 281 g/mol. The molecule has 1 heterocycles. The van der Waals surface area contributed by atoms with Gasteiger partial charge in [0.1, 0.15) is 0 Å². The highest BCUT2D eigenvalue weighted by molar-refractivity contribution is 7.14. The highest BCUT2D eigenvalue weighted by Gasteiger charge is 2.18. The van der Waals surface area contributed by atoms with Crippen molar-refractivity contribution >= 4 is 17.2 Å². The molecule has 19 heavy (non-hydrogen) atoms. The van der Waals surface area contributed by atoms with Gasteiger partial charge >= 0.3 is 0 Å². The third kappa shape index (κ3) is 5.43. The van der Waals surface area contributed by atoms with Gasteiger partial charge in [0.05, 0.1) is 22.0 Å². The standard InChI is InChI=1S/C14H19NO3S/c1-14(2,18-3)10-15-13(17)12-8-7-11(19-12)6-4-5-9-16/h7-8,16H,5,9-10H2,1-3H3,(H,15,17). The van der Waals surface area contributed by atoms with Crippen LogP contribution in [0.15, 0.2) is 12.1 Å². The smallest absolute Gasteiger partial charge is 0.261 e. The zero-order valence-corrected chi connectivity index (χ0v) is 12.3. The predicted molar refractivity (Wildman–Crippen MR) is 76.3 cm³/mol. The van der Waals surface area contributed by atoms with Gasteiger partial charge in [-0.2, -0.15) is 0 Å². The Morgan fingerprint density at radius 1 is 1.53 bits per heavy atom. The van der Waals surface area contributed by atoms with Crippen molar-refractivity contribution < 1.29 is 14.6 Å². The van der Waals surface area contributed by atoms with Crippen LogP contribution in [-0.4, -0.2) is 36.9 Å². The lowest BCUT2D eigenvalue weighted by molar-refractivity contribution is 0.0229. The van der Waals surface area contributed by atoms with Crippen molar-refractivity contribution in [1.82, 2.24) is 5.32 Å². The Hall–Kier alpha value is -1.35. The number of aliphatic hydroxyl groups excluding tert-OH is 1. The fourth-order valence-electron chi connectivity index (χ4n) is 1.19. The maximum Gasteiger partial charge on any atom is 0.261 e. The van der Waals surface area contributed by atoms with Crippen molar-refractivity contribution in [1.29, 1.82) is 0 Å². The van der Waals surface area contributed by atoms with E-state index in [0.29, 0.717) is 17.8 Å². The first kappa shape index (κ1) is 15.7. The Morgan fingerprint density at radius 2 is 2.26 bits per heavy atom. The van der Waals surface area contributed by atoms with Crippen LogP contribution in [0.2, 0.25) is 0 Å². The minimum absolute atomic E-state index is 0.0534. The summed E-state index contributed by atoms with van der Waals surface area (Å²) < 4.78 is 5.24. The van der Waals surface area contributed by atoms with Crippen molar-refractivity contribution in [3.05, 3.63) is 21.9 Å². The third-order valence-electron chi connectivity index (χ3n) is 2.51. The van der Waals surface area contributed by atoms with Crippen LogP contribution in [0.1, 0.15) is 34.8 Å². The van der Waals surface area contributed by atoms with Crippen LogP contribution in [0.3, 0.4) is 0 Å². The molecule has 0 unspecified atom stereocenters. The number of ether oxygens (including phenoxy) is 1. The molecule has 5 heteroatoms. The van der Waals surface area contributed by atoms with E-state index in [-0.39, 0.29) is 18.1 Å². The average Bonchev–Trinajstić information content (AvgIpc) is 2.85. The van der Waals surface area contributed by atoms with Gasteiger partial charge in [-0.15, -0.1) is 11.3 Å². The van der Waals surface area contributed by atoms with E-state index in [1.165, 1.54) is 11.3 Å². The summed E-state index contributed by atoms with van der Waals surface area (Å²) in [4.78, 5) is 13.4. The van der Waals surface area contributed by atoms with Crippen molar-refractivity contribution in [2.75, 3.05) is 20.3 Å². The molecule has 0 saturated heterocycles. The van der Waals surface area contributed by atoms with Gasteiger partial charge in [-0.05, 0) is 26.0 Å². The van der Waals surface area contributed by atoms with E-state index in [2.05, 4.69) is 17.2 Å². The largest absolute Gasteiger partial charge is 0.395 e.